The predicted molar refractivity (Wildman–Crippen MR) is 109 cm³/mol. The first-order chi connectivity index (χ1) is 12.9. The van der Waals surface area contributed by atoms with Crippen LogP contribution in [0.5, 0.6) is 0 Å². The molecule has 1 aromatic heterocycles. The molecule has 0 amide bonds. The number of nitrogens with one attached hydrogen (secondary N) is 2. The van der Waals surface area contributed by atoms with Gasteiger partial charge in [0.2, 0.25) is 0 Å². The summed E-state index contributed by atoms with van der Waals surface area (Å²) in [4.78, 5) is 5.02. The van der Waals surface area contributed by atoms with Gasteiger partial charge in [0.25, 0.3) is 0 Å². The minimum atomic E-state index is -3.23. The molecular weight excluding hydrogens is 358 g/mol. The SMILES string of the molecule is Cc1ccc(-c2cc(S(=O)(=O)C3CC3)ccc2NC2CCNCC2)c(C)n1. The second kappa shape index (κ2) is 7.24. The number of anilines is 1. The largest absolute Gasteiger partial charge is 0.382 e. The Morgan fingerprint density at radius 2 is 1.74 bits per heavy atom. The van der Waals surface area contributed by atoms with Crippen molar-refractivity contribution in [3.8, 4) is 11.1 Å². The third-order valence-corrected chi connectivity index (χ3v) is 7.76. The van der Waals surface area contributed by atoms with Crippen molar-refractivity contribution in [3.05, 3.63) is 41.7 Å². The average Bonchev–Trinajstić information content (AvgIpc) is 3.49. The minimum absolute atomic E-state index is 0.203. The summed E-state index contributed by atoms with van der Waals surface area (Å²) in [5.41, 5.74) is 4.80. The third kappa shape index (κ3) is 3.87. The van der Waals surface area contributed by atoms with Gasteiger partial charge in [-0.25, -0.2) is 8.42 Å². The summed E-state index contributed by atoms with van der Waals surface area (Å²) >= 11 is 0. The van der Waals surface area contributed by atoms with Crippen LogP contribution in [-0.4, -0.2) is 37.8 Å². The molecule has 2 fully saturated rings. The topological polar surface area (TPSA) is 71.1 Å². The zero-order valence-electron chi connectivity index (χ0n) is 16.0. The van der Waals surface area contributed by atoms with Crippen molar-refractivity contribution >= 4 is 15.5 Å². The summed E-state index contributed by atoms with van der Waals surface area (Å²) in [6.07, 6.45) is 3.68. The molecule has 1 aromatic carbocycles. The first kappa shape index (κ1) is 18.4. The highest BCUT2D eigenvalue weighted by Gasteiger charge is 2.37. The van der Waals surface area contributed by atoms with Crippen LogP contribution in [0.3, 0.4) is 0 Å². The van der Waals surface area contributed by atoms with Gasteiger partial charge in [0.05, 0.1) is 10.1 Å². The van der Waals surface area contributed by atoms with E-state index in [9.17, 15) is 8.42 Å². The molecule has 2 heterocycles. The molecule has 0 spiro atoms. The molecule has 2 N–H and O–H groups in total. The van der Waals surface area contributed by atoms with Crippen LogP contribution < -0.4 is 10.6 Å². The maximum absolute atomic E-state index is 12.8. The molecule has 1 aliphatic heterocycles. The summed E-state index contributed by atoms with van der Waals surface area (Å²) < 4.78 is 25.5. The van der Waals surface area contributed by atoms with Crippen molar-refractivity contribution in [2.75, 3.05) is 18.4 Å². The Labute approximate surface area is 161 Å². The van der Waals surface area contributed by atoms with Gasteiger partial charge in [0.15, 0.2) is 9.84 Å². The first-order valence-corrected chi connectivity index (χ1v) is 11.3. The molecule has 2 aliphatic rings. The van der Waals surface area contributed by atoms with Gasteiger partial charge >= 0.3 is 0 Å². The molecule has 27 heavy (non-hydrogen) atoms. The Morgan fingerprint density at radius 1 is 1.00 bits per heavy atom. The molecule has 5 nitrogen and oxygen atoms in total. The van der Waals surface area contributed by atoms with E-state index < -0.39 is 9.84 Å². The number of pyridine rings is 1. The van der Waals surface area contributed by atoms with Crippen LogP contribution in [-0.2, 0) is 9.84 Å². The van der Waals surface area contributed by atoms with E-state index in [2.05, 4.69) is 15.6 Å². The Balaban J connectivity index is 1.77. The molecule has 0 atom stereocenters. The molecule has 1 saturated heterocycles. The lowest BCUT2D eigenvalue weighted by atomic mass is 10.00. The summed E-state index contributed by atoms with van der Waals surface area (Å²) in [6.45, 7) is 5.97. The van der Waals surface area contributed by atoms with Gasteiger partial charge in [0, 0.05) is 34.2 Å². The Hall–Kier alpha value is -1.92. The Bertz CT molecular complexity index is 946. The van der Waals surface area contributed by atoms with Crippen LogP contribution in [0.15, 0.2) is 35.2 Å². The van der Waals surface area contributed by atoms with Gasteiger partial charge < -0.3 is 10.6 Å². The van der Waals surface area contributed by atoms with Gasteiger partial charge in [-0.1, -0.05) is 6.07 Å². The van der Waals surface area contributed by atoms with E-state index in [-0.39, 0.29) is 5.25 Å². The summed E-state index contributed by atoms with van der Waals surface area (Å²) in [6, 6.07) is 9.97. The standard InChI is InChI=1S/C21H27N3O2S/c1-14-3-7-19(15(2)23-14)20-13-18(27(25,26)17-4-5-17)6-8-21(20)24-16-9-11-22-12-10-16/h3,6-8,13,16-17,22,24H,4-5,9-12H2,1-2H3. The monoisotopic (exact) mass is 385 g/mol. The fourth-order valence-electron chi connectivity index (χ4n) is 3.78. The predicted octanol–water partition coefficient (Wildman–Crippen LogP) is 3.47. The Kier molecular flexibility index (Phi) is 4.95. The molecule has 0 unspecified atom stereocenters. The van der Waals surface area contributed by atoms with E-state index in [0.29, 0.717) is 10.9 Å². The second-order valence-corrected chi connectivity index (χ2v) is 9.93. The third-order valence-electron chi connectivity index (χ3n) is 5.50. The van der Waals surface area contributed by atoms with Gasteiger partial charge in [-0.15, -0.1) is 0 Å². The highest BCUT2D eigenvalue weighted by molar-refractivity contribution is 7.92. The first-order valence-electron chi connectivity index (χ1n) is 9.75. The van der Waals surface area contributed by atoms with E-state index in [1.807, 2.05) is 38.1 Å². The molecule has 1 aliphatic carbocycles. The van der Waals surface area contributed by atoms with Gasteiger partial charge in [-0.2, -0.15) is 0 Å². The number of hydrogen-bond donors (Lipinski definition) is 2. The second-order valence-electron chi connectivity index (χ2n) is 7.71. The minimum Gasteiger partial charge on any atom is -0.382 e. The van der Waals surface area contributed by atoms with Crippen molar-refractivity contribution in [3.63, 3.8) is 0 Å². The summed E-state index contributed by atoms with van der Waals surface area (Å²) in [5, 5.41) is 6.83. The maximum atomic E-state index is 12.8. The van der Waals surface area contributed by atoms with E-state index >= 15 is 0 Å². The van der Waals surface area contributed by atoms with E-state index in [1.165, 1.54) is 0 Å². The van der Waals surface area contributed by atoms with Crippen molar-refractivity contribution in [2.45, 2.75) is 55.7 Å². The molecule has 0 radical (unpaired) electrons. The zero-order valence-corrected chi connectivity index (χ0v) is 16.8. The zero-order chi connectivity index (χ0) is 19.0. The molecule has 1 saturated carbocycles. The highest BCUT2D eigenvalue weighted by Crippen LogP contribution is 2.38. The van der Waals surface area contributed by atoms with Crippen LogP contribution in [0.2, 0.25) is 0 Å². The Morgan fingerprint density at radius 3 is 2.41 bits per heavy atom. The lowest BCUT2D eigenvalue weighted by Gasteiger charge is -2.26. The molecule has 2 aromatic rings. The number of benzene rings is 1. The quantitative estimate of drug-likeness (QED) is 0.825. The van der Waals surface area contributed by atoms with Crippen LogP contribution in [0.1, 0.15) is 37.1 Å². The number of rotatable bonds is 5. The van der Waals surface area contributed by atoms with E-state index in [4.69, 9.17) is 0 Å². The number of nitrogens with zero attached hydrogens (tertiary/aromatic N) is 1. The maximum Gasteiger partial charge on any atom is 0.181 e. The van der Waals surface area contributed by atoms with Crippen molar-refractivity contribution < 1.29 is 8.42 Å². The van der Waals surface area contributed by atoms with Crippen LogP contribution in [0, 0.1) is 13.8 Å². The molecule has 0 bridgehead atoms. The van der Waals surface area contributed by atoms with Crippen LogP contribution >= 0.6 is 0 Å². The fourth-order valence-corrected chi connectivity index (χ4v) is 5.46. The van der Waals surface area contributed by atoms with Gasteiger partial charge in [-0.3, -0.25) is 4.98 Å². The number of piperidine rings is 1. The van der Waals surface area contributed by atoms with Crippen molar-refractivity contribution in [1.82, 2.24) is 10.3 Å². The highest BCUT2D eigenvalue weighted by atomic mass is 32.2. The summed E-state index contributed by atoms with van der Waals surface area (Å²) in [7, 11) is -3.23. The number of sulfone groups is 1. The number of aryl methyl sites for hydroxylation is 2. The van der Waals surface area contributed by atoms with E-state index in [1.54, 1.807) is 6.07 Å². The number of aromatic nitrogens is 1. The summed E-state index contributed by atoms with van der Waals surface area (Å²) in [5.74, 6) is 0. The van der Waals surface area contributed by atoms with Crippen LogP contribution in [0.25, 0.3) is 11.1 Å². The molecule has 6 heteroatoms. The molecule has 4 rings (SSSR count). The van der Waals surface area contributed by atoms with Gasteiger partial charge in [-0.05, 0) is 76.9 Å². The van der Waals surface area contributed by atoms with Crippen molar-refractivity contribution in [1.29, 1.82) is 0 Å². The lowest BCUT2D eigenvalue weighted by molar-refractivity contribution is 0.479. The lowest BCUT2D eigenvalue weighted by Crippen LogP contribution is -2.35. The smallest absolute Gasteiger partial charge is 0.181 e. The van der Waals surface area contributed by atoms with Gasteiger partial charge in [0.1, 0.15) is 0 Å². The fraction of sp³-hybridized carbons (Fsp3) is 0.476. The number of hydrogen-bond acceptors (Lipinski definition) is 5. The molecule has 144 valence electrons. The normalized spacial score (nSPS) is 18.4. The molecular formula is C21H27N3O2S. The van der Waals surface area contributed by atoms with E-state index in [0.717, 1.165) is 67.0 Å². The average molecular weight is 386 g/mol. The van der Waals surface area contributed by atoms with Crippen molar-refractivity contribution in [2.24, 2.45) is 0 Å². The van der Waals surface area contributed by atoms with Crippen LogP contribution in [0.4, 0.5) is 5.69 Å².